The van der Waals surface area contributed by atoms with E-state index in [1.165, 1.54) is 6.92 Å². The normalized spacial score (nSPS) is 18.8. The summed E-state index contributed by atoms with van der Waals surface area (Å²) in [6.45, 7) is 6.06. The van der Waals surface area contributed by atoms with Crippen LogP contribution in [0.5, 0.6) is 0 Å². The molecule has 1 heterocycles. The number of urea groups is 1. The Morgan fingerprint density at radius 3 is 2.57 bits per heavy atom. The zero-order chi connectivity index (χ0) is 15.7. The fourth-order valence-electron chi connectivity index (χ4n) is 2.05. The van der Waals surface area contributed by atoms with E-state index in [1.807, 2.05) is 0 Å². The molecular weight excluding hydrogens is 278 g/mol. The monoisotopic (exact) mass is 303 g/mol. The number of carbonyl (C=O) groups is 2. The maximum atomic E-state index is 11.5. The summed E-state index contributed by atoms with van der Waals surface area (Å²) < 4.78 is 5.25. The minimum atomic E-state index is -1.45. The molecule has 122 valence electrons. The van der Waals surface area contributed by atoms with Crippen molar-refractivity contribution in [3.63, 3.8) is 0 Å². The topological polar surface area (TPSA) is 111 Å². The van der Waals surface area contributed by atoms with Crippen LogP contribution in [0.4, 0.5) is 4.79 Å². The minimum absolute atomic E-state index is 0.103. The van der Waals surface area contributed by atoms with Gasteiger partial charge in [-0.05, 0) is 19.9 Å². The lowest BCUT2D eigenvalue weighted by Gasteiger charge is -2.26. The van der Waals surface area contributed by atoms with Crippen molar-refractivity contribution < 1.29 is 24.5 Å². The van der Waals surface area contributed by atoms with Crippen LogP contribution in [0.2, 0.25) is 0 Å². The van der Waals surface area contributed by atoms with Gasteiger partial charge in [0, 0.05) is 26.2 Å². The maximum Gasteiger partial charge on any atom is 0.314 e. The predicted molar refractivity (Wildman–Crippen MR) is 76.2 cm³/mol. The fourth-order valence-corrected chi connectivity index (χ4v) is 2.05. The Kier molecular flexibility index (Phi) is 7.41. The third-order valence-corrected chi connectivity index (χ3v) is 3.20. The first-order valence-corrected chi connectivity index (χ1v) is 7.15. The number of hydrogen-bond donors (Lipinski definition) is 4. The quantitative estimate of drug-likeness (QED) is 0.438. The summed E-state index contributed by atoms with van der Waals surface area (Å²) >= 11 is 0. The lowest BCUT2D eigenvalue weighted by molar-refractivity contribution is -0.141. The zero-order valence-corrected chi connectivity index (χ0v) is 12.4. The Morgan fingerprint density at radius 2 is 1.95 bits per heavy atom. The third kappa shape index (κ3) is 8.49. The van der Waals surface area contributed by atoms with Gasteiger partial charge >= 0.3 is 12.0 Å². The molecule has 1 fully saturated rings. The molecule has 0 bridgehead atoms. The molecule has 1 atom stereocenters. The van der Waals surface area contributed by atoms with Crippen molar-refractivity contribution in [1.29, 1.82) is 0 Å². The number of ether oxygens (including phenoxy) is 1. The van der Waals surface area contributed by atoms with Crippen LogP contribution in [-0.4, -0.2) is 78.7 Å². The van der Waals surface area contributed by atoms with E-state index in [0.29, 0.717) is 6.54 Å². The van der Waals surface area contributed by atoms with E-state index in [2.05, 4.69) is 15.5 Å². The Morgan fingerprint density at radius 1 is 1.29 bits per heavy atom. The number of aliphatic carboxylic acids is 1. The number of nitrogens with one attached hydrogen (secondary N) is 2. The van der Waals surface area contributed by atoms with Crippen LogP contribution in [0.3, 0.4) is 0 Å². The highest BCUT2D eigenvalue weighted by atomic mass is 16.5. The number of carboxylic acids is 1. The summed E-state index contributed by atoms with van der Waals surface area (Å²) in [4.78, 5) is 24.3. The molecule has 0 saturated carbocycles. The van der Waals surface area contributed by atoms with Crippen molar-refractivity contribution >= 4 is 12.0 Å². The SMILES string of the molecule is CC(O)(CNC(=O)NCCCN1CCOCC1)CC(=O)O. The number of carboxylic acid groups (broad SMARTS) is 1. The lowest BCUT2D eigenvalue weighted by Crippen LogP contribution is -2.46. The van der Waals surface area contributed by atoms with Gasteiger partial charge in [0.2, 0.25) is 0 Å². The first-order chi connectivity index (χ1) is 9.89. The van der Waals surface area contributed by atoms with Crippen LogP contribution < -0.4 is 10.6 Å². The van der Waals surface area contributed by atoms with E-state index in [4.69, 9.17) is 9.84 Å². The molecule has 0 spiro atoms. The van der Waals surface area contributed by atoms with E-state index in [0.717, 1.165) is 39.3 Å². The first kappa shape index (κ1) is 17.7. The molecule has 2 amide bonds. The molecular formula is C13H25N3O5. The number of amides is 2. The van der Waals surface area contributed by atoms with Crippen molar-refractivity contribution in [2.24, 2.45) is 0 Å². The van der Waals surface area contributed by atoms with E-state index < -0.39 is 24.0 Å². The number of nitrogens with zero attached hydrogens (tertiary/aromatic N) is 1. The number of carbonyl (C=O) groups excluding carboxylic acids is 1. The Bertz CT molecular complexity index is 343. The summed E-state index contributed by atoms with van der Waals surface area (Å²) in [6.07, 6.45) is 0.420. The highest BCUT2D eigenvalue weighted by molar-refractivity contribution is 5.74. The highest BCUT2D eigenvalue weighted by Gasteiger charge is 2.24. The van der Waals surface area contributed by atoms with Gasteiger partial charge in [-0.25, -0.2) is 4.79 Å². The van der Waals surface area contributed by atoms with E-state index in [1.54, 1.807) is 0 Å². The second-order valence-electron chi connectivity index (χ2n) is 5.48. The molecule has 0 aliphatic carbocycles. The molecule has 8 heteroatoms. The second-order valence-corrected chi connectivity index (χ2v) is 5.48. The van der Waals surface area contributed by atoms with Crippen LogP contribution in [0.25, 0.3) is 0 Å². The van der Waals surface area contributed by atoms with Gasteiger partial charge in [-0.3, -0.25) is 9.69 Å². The minimum Gasteiger partial charge on any atom is -0.481 e. The van der Waals surface area contributed by atoms with Crippen molar-refractivity contribution in [3.8, 4) is 0 Å². The van der Waals surface area contributed by atoms with Crippen molar-refractivity contribution in [2.45, 2.75) is 25.4 Å². The molecule has 4 N–H and O–H groups in total. The molecule has 0 aromatic carbocycles. The van der Waals surface area contributed by atoms with E-state index >= 15 is 0 Å². The Hall–Kier alpha value is -1.38. The van der Waals surface area contributed by atoms with Gasteiger partial charge in [0.15, 0.2) is 0 Å². The molecule has 1 rings (SSSR count). The Balaban J connectivity index is 2.06. The molecule has 0 aromatic heterocycles. The summed E-state index contributed by atoms with van der Waals surface area (Å²) in [7, 11) is 0. The molecule has 1 unspecified atom stereocenters. The molecule has 1 aliphatic rings. The van der Waals surface area contributed by atoms with Gasteiger partial charge in [0.25, 0.3) is 0 Å². The Labute approximate surface area is 124 Å². The van der Waals surface area contributed by atoms with Gasteiger partial charge in [0.1, 0.15) is 0 Å². The average molecular weight is 303 g/mol. The summed E-state index contributed by atoms with van der Waals surface area (Å²) in [5, 5.41) is 23.5. The first-order valence-electron chi connectivity index (χ1n) is 7.15. The van der Waals surface area contributed by atoms with Gasteiger partial charge in [-0.2, -0.15) is 0 Å². The van der Waals surface area contributed by atoms with Gasteiger partial charge in [-0.1, -0.05) is 0 Å². The lowest BCUT2D eigenvalue weighted by atomic mass is 10.0. The van der Waals surface area contributed by atoms with Crippen LogP contribution >= 0.6 is 0 Å². The van der Waals surface area contributed by atoms with Gasteiger partial charge in [0.05, 0.1) is 25.2 Å². The van der Waals surface area contributed by atoms with Crippen LogP contribution in [0, 0.1) is 0 Å². The number of aliphatic hydroxyl groups is 1. The maximum absolute atomic E-state index is 11.5. The third-order valence-electron chi connectivity index (χ3n) is 3.20. The molecule has 1 saturated heterocycles. The molecule has 21 heavy (non-hydrogen) atoms. The average Bonchev–Trinajstić information content (AvgIpc) is 2.41. The van der Waals surface area contributed by atoms with Crippen molar-refractivity contribution in [2.75, 3.05) is 45.9 Å². The molecule has 1 aliphatic heterocycles. The van der Waals surface area contributed by atoms with Gasteiger partial charge < -0.3 is 25.6 Å². The van der Waals surface area contributed by atoms with Crippen molar-refractivity contribution in [3.05, 3.63) is 0 Å². The summed E-state index contributed by atoms with van der Waals surface area (Å²) in [5.74, 6) is -1.10. The second kappa shape index (κ2) is 8.81. The predicted octanol–water partition coefficient (Wildman–Crippen LogP) is -0.766. The van der Waals surface area contributed by atoms with Crippen LogP contribution in [0.1, 0.15) is 19.8 Å². The summed E-state index contributed by atoms with van der Waals surface area (Å²) in [6, 6.07) is -0.400. The standard InChI is InChI=1S/C13H25N3O5/c1-13(20,9-11(17)18)10-15-12(19)14-3-2-4-16-5-7-21-8-6-16/h20H,2-10H2,1H3,(H,17,18)(H2,14,15,19). The number of morpholine rings is 1. The van der Waals surface area contributed by atoms with Crippen LogP contribution in [0.15, 0.2) is 0 Å². The van der Waals surface area contributed by atoms with E-state index in [9.17, 15) is 14.7 Å². The molecule has 0 aromatic rings. The highest BCUT2D eigenvalue weighted by Crippen LogP contribution is 2.07. The zero-order valence-electron chi connectivity index (χ0n) is 12.4. The van der Waals surface area contributed by atoms with E-state index in [-0.39, 0.29) is 6.54 Å². The molecule has 8 nitrogen and oxygen atoms in total. The smallest absolute Gasteiger partial charge is 0.314 e. The van der Waals surface area contributed by atoms with Gasteiger partial charge in [-0.15, -0.1) is 0 Å². The van der Waals surface area contributed by atoms with Crippen molar-refractivity contribution in [1.82, 2.24) is 15.5 Å². The van der Waals surface area contributed by atoms with Crippen LogP contribution in [-0.2, 0) is 9.53 Å². The fraction of sp³-hybridized carbons (Fsp3) is 0.846. The molecule has 0 radical (unpaired) electrons. The largest absolute Gasteiger partial charge is 0.481 e. The number of hydrogen-bond acceptors (Lipinski definition) is 5. The number of rotatable bonds is 8. The summed E-state index contributed by atoms with van der Waals surface area (Å²) in [5.41, 5.74) is -1.45.